The first-order valence-corrected chi connectivity index (χ1v) is 6.35. The van der Waals surface area contributed by atoms with Crippen molar-refractivity contribution in [3.8, 4) is 0 Å². The number of likely N-dealkylation sites (N-methyl/N-ethyl adjacent to an activating group) is 1. The number of rotatable bonds is 3. The minimum absolute atomic E-state index is 0.164. The van der Waals surface area contributed by atoms with Crippen LogP contribution in [-0.4, -0.2) is 58.7 Å². The van der Waals surface area contributed by atoms with Crippen molar-refractivity contribution in [1.29, 1.82) is 0 Å². The molecule has 102 valence electrons. The van der Waals surface area contributed by atoms with Crippen molar-refractivity contribution in [3.05, 3.63) is 18.6 Å². The fraction of sp³-hybridized carbons (Fsp3) is 0.500. The summed E-state index contributed by atoms with van der Waals surface area (Å²) in [7, 11) is 2.10. The molecule has 0 bridgehead atoms. The first kappa shape index (κ1) is 12.2. The first-order chi connectivity index (χ1) is 9.22. The van der Waals surface area contributed by atoms with Crippen LogP contribution in [0.3, 0.4) is 0 Å². The third kappa shape index (κ3) is 2.61. The lowest BCUT2D eigenvalue weighted by Gasteiger charge is -2.30. The fourth-order valence-corrected chi connectivity index (χ4v) is 2.27. The van der Waals surface area contributed by atoms with E-state index in [0.717, 1.165) is 25.3 Å². The smallest absolute Gasteiger partial charge is 0.180 e. The molecule has 7 heteroatoms. The van der Waals surface area contributed by atoms with E-state index in [-0.39, 0.29) is 6.10 Å². The van der Waals surface area contributed by atoms with Crippen molar-refractivity contribution < 1.29 is 4.74 Å². The van der Waals surface area contributed by atoms with Crippen LogP contribution in [-0.2, 0) is 4.74 Å². The number of hydrogen-bond donors (Lipinski definition) is 2. The SMILES string of the molecule is CN1CCOC(CNc2nc(N)cn3ccnc23)C1. The predicted molar refractivity (Wildman–Crippen MR) is 73.1 cm³/mol. The van der Waals surface area contributed by atoms with Gasteiger partial charge >= 0.3 is 0 Å². The quantitative estimate of drug-likeness (QED) is 0.814. The van der Waals surface area contributed by atoms with Crippen LogP contribution in [0.5, 0.6) is 0 Å². The summed E-state index contributed by atoms with van der Waals surface area (Å²) in [6, 6.07) is 0. The summed E-state index contributed by atoms with van der Waals surface area (Å²) in [4.78, 5) is 10.8. The summed E-state index contributed by atoms with van der Waals surface area (Å²) in [5, 5.41) is 3.28. The van der Waals surface area contributed by atoms with Gasteiger partial charge in [0.15, 0.2) is 11.5 Å². The van der Waals surface area contributed by atoms with E-state index in [4.69, 9.17) is 10.5 Å². The summed E-state index contributed by atoms with van der Waals surface area (Å²) in [6.45, 7) is 3.37. The highest BCUT2D eigenvalue weighted by Gasteiger charge is 2.18. The zero-order chi connectivity index (χ0) is 13.2. The molecule has 0 radical (unpaired) electrons. The molecular weight excluding hydrogens is 244 g/mol. The normalized spacial score (nSPS) is 20.8. The van der Waals surface area contributed by atoms with Gasteiger partial charge in [0.25, 0.3) is 0 Å². The summed E-state index contributed by atoms with van der Waals surface area (Å²) in [5.74, 6) is 1.16. The molecule has 2 aromatic rings. The van der Waals surface area contributed by atoms with Crippen molar-refractivity contribution in [2.45, 2.75) is 6.10 Å². The van der Waals surface area contributed by atoms with Crippen molar-refractivity contribution >= 4 is 17.3 Å². The Morgan fingerprint density at radius 1 is 1.58 bits per heavy atom. The molecule has 1 fully saturated rings. The number of nitrogens with one attached hydrogen (secondary N) is 1. The number of morpholine rings is 1. The average Bonchev–Trinajstić information content (AvgIpc) is 2.84. The first-order valence-electron chi connectivity index (χ1n) is 6.35. The van der Waals surface area contributed by atoms with Crippen LogP contribution in [0, 0.1) is 0 Å². The highest BCUT2D eigenvalue weighted by molar-refractivity contribution is 5.64. The number of anilines is 2. The molecule has 3 N–H and O–H groups in total. The van der Waals surface area contributed by atoms with E-state index < -0.39 is 0 Å². The molecule has 0 aromatic carbocycles. The second kappa shape index (κ2) is 5.02. The second-order valence-electron chi connectivity index (χ2n) is 4.81. The molecule has 1 saturated heterocycles. The van der Waals surface area contributed by atoms with Crippen molar-refractivity contribution in [3.63, 3.8) is 0 Å². The third-order valence-corrected chi connectivity index (χ3v) is 3.23. The van der Waals surface area contributed by atoms with E-state index in [0.29, 0.717) is 18.2 Å². The topological polar surface area (TPSA) is 80.7 Å². The minimum Gasteiger partial charge on any atom is -0.382 e. The maximum absolute atomic E-state index is 5.78. The summed E-state index contributed by atoms with van der Waals surface area (Å²) in [5.41, 5.74) is 6.55. The van der Waals surface area contributed by atoms with Crippen molar-refractivity contribution in [1.82, 2.24) is 19.3 Å². The van der Waals surface area contributed by atoms with Gasteiger partial charge in [-0.3, -0.25) is 0 Å². The maximum atomic E-state index is 5.78. The number of nitrogens with zero attached hydrogens (tertiary/aromatic N) is 4. The van der Waals surface area contributed by atoms with Crippen LogP contribution in [0.4, 0.5) is 11.6 Å². The number of hydrogen-bond acceptors (Lipinski definition) is 6. The predicted octanol–water partition coefficient (Wildman–Crippen LogP) is 0.0540. The molecule has 3 rings (SSSR count). The Kier molecular flexibility index (Phi) is 3.22. The van der Waals surface area contributed by atoms with Gasteiger partial charge in [0.1, 0.15) is 5.82 Å². The van der Waals surface area contributed by atoms with Crippen LogP contribution in [0.25, 0.3) is 5.65 Å². The van der Waals surface area contributed by atoms with E-state index in [1.165, 1.54) is 0 Å². The number of fused-ring (bicyclic) bond motifs is 1. The molecule has 0 spiro atoms. The van der Waals surface area contributed by atoms with Crippen molar-refractivity contribution in [2.24, 2.45) is 0 Å². The maximum Gasteiger partial charge on any atom is 0.180 e. The molecule has 19 heavy (non-hydrogen) atoms. The van der Waals surface area contributed by atoms with Gasteiger partial charge in [-0.05, 0) is 7.05 Å². The Morgan fingerprint density at radius 3 is 3.32 bits per heavy atom. The summed E-state index contributed by atoms with van der Waals surface area (Å²) in [6.07, 6.45) is 5.49. The van der Waals surface area contributed by atoms with Gasteiger partial charge in [0.2, 0.25) is 0 Å². The van der Waals surface area contributed by atoms with Crippen LogP contribution in [0.2, 0.25) is 0 Å². The fourth-order valence-electron chi connectivity index (χ4n) is 2.27. The average molecular weight is 262 g/mol. The zero-order valence-electron chi connectivity index (χ0n) is 10.9. The molecule has 1 unspecified atom stereocenters. The van der Waals surface area contributed by atoms with E-state index in [1.807, 2.05) is 10.6 Å². The lowest BCUT2D eigenvalue weighted by atomic mass is 10.3. The molecule has 3 heterocycles. The van der Waals surface area contributed by atoms with Crippen LogP contribution < -0.4 is 11.1 Å². The Labute approximate surface area is 111 Å². The van der Waals surface area contributed by atoms with Gasteiger partial charge in [0.05, 0.1) is 18.9 Å². The van der Waals surface area contributed by atoms with E-state index in [2.05, 4.69) is 27.2 Å². The standard InChI is InChI=1S/C12H18N6O/c1-17-4-5-19-9(7-17)6-15-11-12-14-2-3-18(12)8-10(13)16-11/h2-3,8-9H,4-7,13H2,1H3,(H,15,16). The minimum atomic E-state index is 0.164. The summed E-state index contributed by atoms with van der Waals surface area (Å²) < 4.78 is 7.56. The van der Waals surface area contributed by atoms with Crippen molar-refractivity contribution in [2.75, 3.05) is 44.3 Å². The highest BCUT2D eigenvalue weighted by Crippen LogP contribution is 2.15. The molecule has 1 aliphatic heterocycles. The molecule has 1 atom stereocenters. The van der Waals surface area contributed by atoms with E-state index in [9.17, 15) is 0 Å². The van der Waals surface area contributed by atoms with Gasteiger partial charge in [-0.25, -0.2) is 9.97 Å². The summed E-state index contributed by atoms with van der Waals surface area (Å²) >= 11 is 0. The highest BCUT2D eigenvalue weighted by atomic mass is 16.5. The van der Waals surface area contributed by atoms with Gasteiger partial charge in [0, 0.05) is 32.0 Å². The van der Waals surface area contributed by atoms with Gasteiger partial charge in [-0.15, -0.1) is 0 Å². The van der Waals surface area contributed by atoms with Gasteiger partial charge < -0.3 is 25.1 Å². The Morgan fingerprint density at radius 2 is 2.47 bits per heavy atom. The van der Waals surface area contributed by atoms with E-state index >= 15 is 0 Å². The number of nitrogens with two attached hydrogens (primary N) is 1. The number of imidazole rings is 1. The Balaban J connectivity index is 1.72. The largest absolute Gasteiger partial charge is 0.382 e. The lowest BCUT2D eigenvalue weighted by Crippen LogP contribution is -2.43. The zero-order valence-corrected chi connectivity index (χ0v) is 10.9. The Bertz CT molecular complexity index is 568. The monoisotopic (exact) mass is 262 g/mol. The Hall–Kier alpha value is -1.86. The van der Waals surface area contributed by atoms with Crippen LogP contribution in [0.15, 0.2) is 18.6 Å². The molecule has 0 saturated carbocycles. The molecular formula is C12H18N6O. The van der Waals surface area contributed by atoms with Gasteiger partial charge in [-0.1, -0.05) is 0 Å². The van der Waals surface area contributed by atoms with Gasteiger partial charge in [-0.2, -0.15) is 0 Å². The molecule has 0 amide bonds. The van der Waals surface area contributed by atoms with Crippen LogP contribution in [0.1, 0.15) is 0 Å². The second-order valence-corrected chi connectivity index (χ2v) is 4.81. The lowest BCUT2D eigenvalue weighted by molar-refractivity contribution is -0.0117. The number of aromatic nitrogens is 3. The number of nitrogen functional groups attached to an aromatic ring is 1. The molecule has 7 nitrogen and oxygen atoms in total. The molecule has 2 aromatic heterocycles. The molecule has 0 aliphatic carbocycles. The molecule has 1 aliphatic rings. The van der Waals surface area contributed by atoms with Crippen LogP contribution >= 0.6 is 0 Å². The third-order valence-electron chi connectivity index (χ3n) is 3.23. The van der Waals surface area contributed by atoms with E-state index in [1.54, 1.807) is 12.4 Å². The number of ether oxygens (including phenoxy) is 1.